The fourth-order valence-electron chi connectivity index (χ4n) is 3.87. The van der Waals surface area contributed by atoms with Gasteiger partial charge in [-0.05, 0) is 30.5 Å². The average molecular weight is 388 g/mol. The van der Waals surface area contributed by atoms with E-state index in [9.17, 15) is 14.7 Å². The highest BCUT2D eigenvalue weighted by Gasteiger charge is 2.50. The number of anilines is 1. The van der Waals surface area contributed by atoms with E-state index in [1.807, 2.05) is 18.2 Å². The molecule has 6 nitrogen and oxygen atoms in total. The minimum absolute atomic E-state index is 0.00335. The van der Waals surface area contributed by atoms with Gasteiger partial charge in [0.1, 0.15) is 5.75 Å². The van der Waals surface area contributed by atoms with E-state index in [1.54, 1.807) is 23.9 Å². The molecule has 3 rings (SSSR count). The number of thioether (sulfide) groups is 1. The Hall–Kier alpha value is -2.41. The zero-order chi connectivity index (χ0) is 19.6. The van der Waals surface area contributed by atoms with Crippen LogP contribution in [0.3, 0.4) is 0 Å². The third-order valence-corrected chi connectivity index (χ3v) is 7.00. The normalized spacial score (nSPS) is 27.1. The molecule has 1 saturated heterocycles. The van der Waals surface area contributed by atoms with Crippen molar-refractivity contribution in [2.75, 3.05) is 12.8 Å². The van der Waals surface area contributed by atoms with Crippen molar-refractivity contribution in [2.45, 2.75) is 23.3 Å². The van der Waals surface area contributed by atoms with Crippen molar-refractivity contribution < 1.29 is 19.4 Å². The first-order chi connectivity index (χ1) is 12.9. The lowest BCUT2D eigenvalue weighted by Crippen LogP contribution is -2.39. The molecule has 0 radical (unpaired) electrons. The van der Waals surface area contributed by atoms with Gasteiger partial charge in [-0.15, -0.1) is 11.8 Å². The molecule has 1 aliphatic heterocycles. The van der Waals surface area contributed by atoms with Gasteiger partial charge in [0.2, 0.25) is 5.91 Å². The van der Waals surface area contributed by atoms with Gasteiger partial charge in [0.05, 0.1) is 24.6 Å². The number of aryl methyl sites for hydroxylation is 1. The maximum Gasteiger partial charge on any atom is 0.310 e. The van der Waals surface area contributed by atoms with E-state index in [2.05, 4.69) is 6.08 Å². The van der Waals surface area contributed by atoms with E-state index < -0.39 is 17.7 Å². The van der Waals surface area contributed by atoms with Gasteiger partial charge >= 0.3 is 5.97 Å². The highest BCUT2D eigenvalue weighted by atomic mass is 32.2. The van der Waals surface area contributed by atoms with Crippen LogP contribution in [-0.4, -0.2) is 34.6 Å². The minimum atomic E-state index is -0.471. The fourth-order valence-corrected chi connectivity index (χ4v) is 5.78. The lowest BCUT2D eigenvalue weighted by Gasteiger charge is -2.26. The summed E-state index contributed by atoms with van der Waals surface area (Å²) in [5.74, 6) is -1.57. The Kier molecular flexibility index (Phi) is 5.79. The maximum atomic E-state index is 12.5. The van der Waals surface area contributed by atoms with Crippen molar-refractivity contribution in [1.82, 2.24) is 0 Å². The van der Waals surface area contributed by atoms with Crippen molar-refractivity contribution in [3.8, 4) is 5.75 Å². The predicted octanol–water partition coefficient (Wildman–Crippen LogP) is 2.02. The summed E-state index contributed by atoms with van der Waals surface area (Å²) in [5.41, 5.74) is 12.7. The molecule has 1 fully saturated rings. The Morgan fingerprint density at radius 3 is 2.70 bits per heavy atom. The van der Waals surface area contributed by atoms with E-state index in [1.165, 1.54) is 13.2 Å². The van der Waals surface area contributed by atoms with Crippen LogP contribution in [0.15, 0.2) is 42.5 Å². The molecule has 7 heteroatoms. The standard InChI is InChI=1S/C20H24N2O4S/c1-26-20(25)17-12-4-2-3-5-16(12)27-18(17)13(19(22)24)8-6-11-7-9-15(23)14(21)10-11/h2-5,7,9-10,12-13,16-18,23H,6,8,21H2,1H3,(H2,22,24). The molecule has 5 atom stereocenters. The van der Waals surface area contributed by atoms with Gasteiger partial charge in [-0.3, -0.25) is 9.59 Å². The number of nitrogen functional groups attached to an aromatic ring is 1. The number of phenols is 1. The summed E-state index contributed by atoms with van der Waals surface area (Å²) in [5, 5.41) is 9.45. The van der Waals surface area contributed by atoms with Gasteiger partial charge in [0.15, 0.2) is 0 Å². The summed E-state index contributed by atoms with van der Waals surface area (Å²) in [6.45, 7) is 0. The molecule has 1 aliphatic carbocycles. The van der Waals surface area contributed by atoms with Crippen LogP contribution in [0.25, 0.3) is 0 Å². The number of hydrogen-bond donors (Lipinski definition) is 3. The van der Waals surface area contributed by atoms with Gasteiger partial charge in [-0.25, -0.2) is 0 Å². The molecular weight excluding hydrogens is 364 g/mol. The molecule has 5 N–H and O–H groups in total. The summed E-state index contributed by atoms with van der Waals surface area (Å²) in [7, 11) is 1.37. The quantitative estimate of drug-likeness (QED) is 0.390. The second-order valence-corrected chi connectivity index (χ2v) is 8.26. The number of rotatable bonds is 6. The molecule has 1 aromatic rings. The molecule has 5 unspecified atom stereocenters. The molecule has 0 saturated carbocycles. The molecule has 0 spiro atoms. The monoisotopic (exact) mass is 388 g/mol. The topological polar surface area (TPSA) is 116 Å². The van der Waals surface area contributed by atoms with Gasteiger partial charge in [-0.2, -0.15) is 0 Å². The number of methoxy groups -OCH3 is 1. The summed E-state index contributed by atoms with van der Waals surface area (Å²) in [6.07, 6.45) is 9.03. The number of benzene rings is 1. The number of ether oxygens (including phenoxy) is 1. The summed E-state index contributed by atoms with van der Waals surface area (Å²) < 4.78 is 5.03. The lowest BCUT2D eigenvalue weighted by atomic mass is 9.79. The molecule has 1 heterocycles. The zero-order valence-electron chi connectivity index (χ0n) is 15.1. The van der Waals surface area contributed by atoms with E-state index in [0.717, 1.165) is 5.56 Å². The number of primary amides is 1. The van der Waals surface area contributed by atoms with Crippen LogP contribution in [0.1, 0.15) is 12.0 Å². The maximum absolute atomic E-state index is 12.5. The molecule has 144 valence electrons. The zero-order valence-corrected chi connectivity index (χ0v) is 15.9. The van der Waals surface area contributed by atoms with Crippen LogP contribution in [0.5, 0.6) is 5.75 Å². The number of nitrogens with two attached hydrogens (primary N) is 2. The largest absolute Gasteiger partial charge is 0.506 e. The van der Waals surface area contributed by atoms with Crippen molar-refractivity contribution in [3.05, 3.63) is 48.1 Å². The van der Waals surface area contributed by atoms with Crippen LogP contribution in [-0.2, 0) is 20.7 Å². The number of carbonyl (C=O) groups excluding carboxylic acids is 2. The summed E-state index contributed by atoms with van der Waals surface area (Å²) >= 11 is 1.62. The number of amides is 1. The van der Waals surface area contributed by atoms with Crippen LogP contribution in [0.2, 0.25) is 0 Å². The lowest BCUT2D eigenvalue weighted by molar-refractivity contribution is -0.147. The van der Waals surface area contributed by atoms with Crippen molar-refractivity contribution in [2.24, 2.45) is 23.5 Å². The third-order valence-electron chi connectivity index (χ3n) is 5.28. The first kappa shape index (κ1) is 19.4. The minimum Gasteiger partial charge on any atom is -0.506 e. The molecule has 2 aliphatic rings. The second kappa shape index (κ2) is 8.08. The van der Waals surface area contributed by atoms with Crippen molar-refractivity contribution >= 4 is 29.3 Å². The molecular formula is C20H24N2O4S. The van der Waals surface area contributed by atoms with Crippen LogP contribution >= 0.6 is 11.8 Å². The average Bonchev–Trinajstić information content (AvgIpc) is 3.03. The molecule has 0 bridgehead atoms. The van der Waals surface area contributed by atoms with Gasteiger partial charge in [0.25, 0.3) is 0 Å². The summed E-state index contributed by atoms with van der Waals surface area (Å²) in [6, 6.07) is 5.00. The Balaban J connectivity index is 1.81. The Morgan fingerprint density at radius 1 is 1.30 bits per heavy atom. The van der Waals surface area contributed by atoms with E-state index in [-0.39, 0.29) is 28.1 Å². The number of aromatic hydroxyl groups is 1. The number of esters is 1. The molecule has 0 aromatic heterocycles. The molecule has 27 heavy (non-hydrogen) atoms. The fraction of sp³-hybridized carbons (Fsp3) is 0.400. The van der Waals surface area contributed by atoms with Gasteiger partial charge in [0, 0.05) is 16.4 Å². The van der Waals surface area contributed by atoms with Crippen LogP contribution in [0.4, 0.5) is 5.69 Å². The Labute approximate surface area is 162 Å². The predicted molar refractivity (Wildman–Crippen MR) is 106 cm³/mol. The summed E-state index contributed by atoms with van der Waals surface area (Å²) in [4.78, 5) is 24.7. The third kappa shape index (κ3) is 3.98. The molecule has 1 aromatic carbocycles. The first-order valence-corrected chi connectivity index (χ1v) is 9.81. The number of phenolic OH excluding ortho intramolecular Hbond substituents is 1. The number of hydrogen-bond acceptors (Lipinski definition) is 6. The van der Waals surface area contributed by atoms with Crippen molar-refractivity contribution in [3.63, 3.8) is 0 Å². The van der Waals surface area contributed by atoms with E-state index >= 15 is 0 Å². The second-order valence-electron chi connectivity index (χ2n) is 6.90. The number of fused-ring (bicyclic) bond motifs is 1. The van der Waals surface area contributed by atoms with E-state index in [4.69, 9.17) is 16.2 Å². The number of allylic oxidation sites excluding steroid dienone is 3. The Morgan fingerprint density at radius 2 is 2.04 bits per heavy atom. The SMILES string of the molecule is COC(=O)C1C2C=CC=CC2SC1C(CCc1ccc(O)c(N)c1)C(N)=O. The number of carbonyl (C=O) groups is 2. The Bertz CT molecular complexity index is 792. The highest BCUT2D eigenvalue weighted by Crippen LogP contribution is 2.50. The molecule has 1 amide bonds. The van der Waals surface area contributed by atoms with Gasteiger partial charge in [-0.1, -0.05) is 30.4 Å². The van der Waals surface area contributed by atoms with Crippen LogP contribution < -0.4 is 11.5 Å². The van der Waals surface area contributed by atoms with E-state index in [0.29, 0.717) is 18.5 Å². The smallest absolute Gasteiger partial charge is 0.310 e. The van der Waals surface area contributed by atoms with Gasteiger partial charge < -0.3 is 21.3 Å². The first-order valence-electron chi connectivity index (χ1n) is 8.87. The highest BCUT2D eigenvalue weighted by molar-refractivity contribution is 8.01. The van der Waals surface area contributed by atoms with Crippen LogP contribution in [0, 0.1) is 17.8 Å². The van der Waals surface area contributed by atoms with Crippen molar-refractivity contribution in [1.29, 1.82) is 0 Å².